The number of carbonyl (C=O) groups is 1. The molecule has 1 aliphatic carbocycles. The second kappa shape index (κ2) is 4.65. The summed E-state index contributed by atoms with van der Waals surface area (Å²) in [6, 6.07) is 3.53. The normalized spacial score (nSPS) is 14.5. The summed E-state index contributed by atoms with van der Waals surface area (Å²) in [6.07, 6.45) is 2.28. The molecule has 0 spiro atoms. The number of methoxy groups -OCH3 is 1. The fraction of sp³-hybridized carbons (Fsp3) is 0.462. The highest BCUT2D eigenvalue weighted by atomic mass is 16.5. The number of benzene rings is 1. The highest BCUT2D eigenvalue weighted by molar-refractivity contribution is 5.93. The molecule has 2 rings (SSSR count). The number of ether oxygens (including phenoxy) is 2. The molecule has 0 amide bonds. The van der Waals surface area contributed by atoms with Gasteiger partial charge in [-0.1, -0.05) is 0 Å². The fourth-order valence-electron chi connectivity index (χ4n) is 1.90. The molecular formula is C13H17NO3. The lowest BCUT2D eigenvalue weighted by Crippen LogP contribution is -2.08. The van der Waals surface area contributed by atoms with E-state index >= 15 is 0 Å². The summed E-state index contributed by atoms with van der Waals surface area (Å²) >= 11 is 0. The standard InChI is InChI=1S/C13H17NO3/c1-3-17-12-7-11(14)9(8-4-5-8)6-10(12)13(15)16-2/h6-8H,3-5,14H2,1-2H3. The van der Waals surface area contributed by atoms with Crippen LogP contribution in [0, 0.1) is 0 Å². The maximum Gasteiger partial charge on any atom is 0.341 e. The van der Waals surface area contributed by atoms with E-state index in [2.05, 4.69) is 0 Å². The molecule has 1 fully saturated rings. The Kier molecular flexibility index (Phi) is 3.22. The lowest BCUT2D eigenvalue weighted by Gasteiger charge is -2.12. The molecule has 0 heterocycles. The highest BCUT2D eigenvalue weighted by Gasteiger charge is 2.28. The maximum absolute atomic E-state index is 11.7. The first-order valence-electron chi connectivity index (χ1n) is 5.81. The largest absolute Gasteiger partial charge is 0.493 e. The van der Waals surface area contributed by atoms with Crippen LogP contribution >= 0.6 is 0 Å². The molecule has 1 aromatic rings. The van der Waals surface area contributed by atoms with Crippen molar-refractivity contribution in [2.75, 3.05) is 19.5 Å². The Hall–Kier alpha value is -1.71. The van der Waals surface area contributed by atoms with E-state index in [1.165, 1.54) is 7.11 Å². The molecule has 0 aliphatic heterocycles. The lowest BCUT2D eigenvalue weighted by atomic mass is 10.0. The van der Waals surface area contributed by atoms with E-state index in [1.54, 1.807) is 6.07 Å². The third-order valence-corrected chi connectivity index (χ3v) is 2.91. The van der Waals surface area contributed by atoms with Crippen molar-refractivity contribution in [3.63, 3.8) is 0 Å². The van der Waals surface area contributed by atoms with Crippen molar-refractivity contribution in [2.24, 2.45) is 0 Å². The van der Waals surface area contributed by atoms with Gasteiger partial charge in [0, 0.05) is 11.8 Å². The van der Waals surface area contributed by atoms with E-state index in [1.807, 2.05) is 13.0 Å². The minimum absolute atomic E-state index is 0.379. The third kappa shape index (κ3) is 2.35. The number of nitrogens with two attached hydrogens (primary N) is 1. The lowest BCUT2D eigenvalue weighted by molar-refractivity contribution is 0.0596. The van der Waals surface area contributed by atoms with Crippen molar-refractivity contribution >= 4 is 11.7 Å². The third-order valence-electron chi connectivity index (χ3n) is 2.91. The monoisotopic (exact) mass is 235 g/mol. The van der Waals surface area contributed by atoms with E-state index in [0.717, 1.165) is 18.4 Å². The Balaban J connectivity index is 2.43. The van der Waals surface area contributed by atoms with Crippen molar-refractivity contribution in [3.8, 4) is 5.75 Å². The zero-order chi connectivity index (χ0) is 12.4. The predicted molar refractivity (Wildman–Crippen MR) is 65.3 cm³/mol. The van der Waals surface area contributed by atoms with Gasteiger partial charge in [0.15, 0.2) is 0 Å². The second-order valence-electron chi connectivity index (χ2n) is 4.18. The summed E-state index contributed by atoms with van der Waals surface area (Å²) in [5.41, 5.74) is 8.17. The number of hydrogen-bond donors (Lipinski definition) is 1. The number of nitrogen functional groups attached to an aromatic ring is 1. The summed E-state index contributed by atoms with van der Waals surface area (Å²) in [7, 11) is 1.37. The van der Waals surface area contributed by atoms with E-state index in [9.17, 15) is 4.79 Å². The molecule has 0 unspecified atom stereocenters. The fourth-order valence-corrected chi connectivity index (χ4v) is 1.90. The van der Waals surface area contributed by atoms with Gasteiger partial charge >= 0.3 is 5.97 Å². The maximum atomic E-state index is 11.7. The molecule has 17 heavy (non-hydrogen) atoms. The smallest absolute Gasteiger partial charge is 0.341 e. The zero-order valence-corrected chi connectivity index (χ0v) is 10.2. The topological polar surface area (TPSA) is 61.5 Å². The summed E-state index contributed by atoms with van der Waals surface area (Å²) in [6.45, 7) is 2.36. The zero-order valence-electron chi connectivity index (χ0n) is 10.2. The van der Waals surface area contributed by atoms with Gasteiger partial charge in [0.05, 0.1) is 13.7 Å². The summed E-state index contributed by atoms with van der Waals surface area (Å²) in [5, 5.41) is 0. The summed E-state index contributed by atoms with van der Waals surface area (Å²) in [5.74, 6) is 0.616. The first kappa shape index (κ1) is 11.8. The van der Waals surface area contributed by atoms with Crippen molar-refractivity contribution in [1.29, 1.82) is 0 Å². The molecule has 2 N–H and O–H groups in total. The molecule has 4 nitrogen and oxygen atoms in total. The van der Waals surface area contributed by atoms with Gasteiger partial charge < -0.3 is 15.2 Å². The Bertz CT molecular complexity index is 439. The number of hydrogen-bond acceptors (Lipinski definition) is 4. The van der Waals surface area contributed by atoms with Gasteiger partial charge in [-0.2, -0.15) is 0 Å². The van der Waals surface area contributed by atoms with Crippen LogP contribution in [0.3, 0.4) is 0 Å². The SMILES string of the molecule is CCOc1cc(N)c(C2CC2)cc1C(=O)OC. The van der Waals surface area contributed by atoms with Gasteiger partial charge in [0.25, 0.3) is 0 Å². The number of carbonyl (C=O) groups excluding carboxylic acids is 1. The quantitative estimate of drug-likeness (QED) is 0.642. The number of rotatable bonds is 4. The Labute approximate surface area is 101 Å². The predicted octanol–water partition coefficient (Wildman–Crippen LogP) is 2.33. The van der Waals surface area contributed by atoms with Crippen LogP contribution in [0.15, 0.2) is 12.1 Å². The van der Waals surface area contributed by atoms with Gasteiger partial charge in [-0.25, -0.2) is 4.79 Å². The Morgan fingerprint density at radius 3 is 2.71 bits per heavy atom. The minimum Gasteiger partial charge on any atom is -0.493 e. The molecular weight excluding hydrogens is 218 g/mol. The van der Waals surface area contributed by atoms with Gasteiger partial charge in [-0.15, -0.1) is 0 Å². The van der Waals surface area contributed by atoms with Crippen LogP contribution in [0.25, 0.3) is 0 Å². The minimum atomic E-state index is -0.379. The first-order chi connectivity index (χ1) is 8.17. The van der Waals surface area contributed by atoms with Crippen LogP contribution in [0.2, 0.25) is 0 Å². The average Bonchev–Trinajstić information content (AvgIpc) is 3.13. The molecule has 0 atom stereocenters. The highest BCUT2D eigenvalue weighted by Crippen LogP contribution is 2.44. The molecule has 4 heteroatoms. The van der Waals surface area contributed by atoms with Crippen molar-refractivity contribution < 1.29 is 14.3 Å². The second-order valence-corrected chi connectivity index (χ2v) is 4.18. The van der Waals surface area contributed by atoms with Crippen LogP contribution in [-0.4, -0.2) is 19.7 Å². The molecule has 92 valence electrons. The van der Waals surface area contributed by atoms with Gasteiger partial charge in [0.1, 0.15) is 11.3 Å². The Morgan fingerprint density at radius 1 is 1.47 bits per heavy atom. The molecule has 0 aromatic heterocycles. The van der Waals surface area contributed by atoms with E-state index in [0.29, 0.717) is 29.5 Å². The van der Waals surface area contributed by atoms with Gasteiger partial charge in [-0.05, 0) is 37.3 Å². The van der Waals surface area contributed by atoms with Crippen molar-refractivity contribution in [1.82, 2.24) is 0 Å². The molecule has 0 saturated heterocycles. The van der Waals surface area contributed by atoms with Crippen molar-refractivity contribution in [2.45, 2.75) is 25.7 Å². The number of anilines is 1. The van der Waals surface area contributed by atoms with E-state index < -0.39 is 0 Å². The summed E-state index contributed by atoms with van der Waals surface area (Å²) in [4.78, 5) is 11.7. The average molecular weight is 235 g/mol. The van der Waals surface area contributed by atoms with Crippen LogP contribution in [0.5, 0.6) is 5.75 Å². The van der Waals surface area contributed by atoms with Crippen LogP contribution in [0.4, 0.5) is 5.69 Å². The van der Waals surface area contributed by atoms with Crippen LogP contribution in [-0.2, 0) is 4.74 Å². The van der Waals surface area contributed by atoms with Crippen molar-refractivity contribution in [3.05, 3.63) is 23.3 Å². The van der Waals surface area contributed by atoms with Crippen LogP contribution < -0.4 is 10.5 Å². The van der Waals surface area contributed by atoms with E-state index in [-0.39, 0.29) is 5.97 Å². The first-order valence-corrected chi connectivity index (χ1v) is 5.81. The molecule has 1 saturated carbocycles. The molecule has 0 radical (unpaired) electrons. The van der Waals surface area contributed by atoms with E-state index in [4.69, 9.17) is 15.2 Å². The van der Waals surface area contributed by atoms with Gasteiger partial charge in [-0.3, -0.25) is 0 Å². The van der Waals surface area contributed by atoms with Gasteiger partial charge in [0.2, 0.25) is 0 Å². The molecule has 0 bridgehead atoms. The molecule has 1 aromatic carbocycles. The van der Waals surface area contributed by atoms with Crippen LogP contribution in [0.1, 0.15) is 41.6 Å². The number of esters is 1. The molecule has 1 aliphatic rings. The summed E-state index contributed by atoms with van der Waals surface area (Å²) < 4.78 is 10.2. The Morgan fingerprint density at radius 2 is 2.18 bits per heavy atom.